The number of carbonyl (C=O) groups is 1. The average molecular weight is 255 g/mol. The Morgan fingerprint density at radius 2 is 2.11 bits per heavy atom. The number of hydrogen-bond donors (Lipinski definition) is 2. The van der Waals surface area contributed by atoms with Crippen LogP contribution in [0.15, 0.2) is 12.4 Å². The van der Waals surface area contributed by atoms with Crippen molar-refractivity contribution in [3.05, 3.63) is 18.0 Å². The van der Waals surface area contributed by atoms with Gasteiger partial charge in [-0.25, -0.2) is 4.79 Å². The van der Waals surface area contributed by atoms with Gasteiger partial charge in [-0.05, 0) is 27.7 Å². The fourth-order valence-corrected chi connectivity index (χ4v) is 1.36. The molecule has 0 aromatic carbocycles. The van der Waals surface area contributed by atoms with E-state index in [-0.39, 0.29) is 6.54 Å². The zero-order chi connectivity index (χ0) is 14.0. The molecule has 1 heterocycles. The molecule has 1 rings (SSSR count). The molecule has 0 fully saturated rings. The maximum atomic E-state index is 11.5. The first-order valence-electron chi connectivity index (χ1n) is 5.78. The number of aromatic nitrogens is 2. The molecule has 2 N–H and O–H groups in total. The minimum absolute atomic E-state index is 0.0631. The highest BCUT2D eigenvalue weighted by atomic mass is 16.6. The summed E-state index contributed by atoms with van der Waals surface area (Å²) >= 11 is 0. The molecule has 0 aliphatic heterocycles. The van der Waals surface area contributed by atoms with E-state index in [0.29, 0.717) is 5.56 Å². The van der Waals surface area contributed by atoms with Crippen LogP contribution in [0.5, 0.6) is 0 Å². The molecule has 0 aliphatic carbocycles. The number of ether oxygens (including phenoxy) is 1. The third-order valence-corrected chi connectivity index (χ3v) is 2.30. The number of amides is 1. The highest BCUT2D eigenvalue weighted by Gasteiger charge is 2.26. The van der Waals surface area contributed by atoms with Crippen LogP contribution >= 0.6 is 0 Å². The van der Waals surface area contributed by atoms with Gasteiger partial charge in [0.2, 0.25) is 0 Å². The summed E-state index contributed by atoms with van der Waals surface area (Å²) in [4.78, 5) is 11.5. The van der Waals surface area contributed by atoms with Gasteiger partial charge in [0.05, 0.1) is 12.7 Å². The van der Waals surface area contributed by atoms with Gasteiger partial charge < -0.3 is 15.2 Å². The Balaban J connectivity index is 2.55. The number of alkyl carbamates (subject to hydrolysis) is 1. The fourth-order valence-electron chi connectivity index (χ4n) is 1.36. The van der Waals surface area contributed by atoms with Gasteiger partial charge in [0, 0.05) is 18.8 Å². The maximum Gasteiger partial charge on any atom is 0.407 e. The minimum atomic E-state index is -1.18. The molecular weight excluding hydrogens is 234 g/mol. The molecule has 1 unspecified atom stereocenters. The lowest BCUT2D eigenvalue weighted by Crippen LogP contribution is -2.41. The van der Waals surface area contributed by atoms with Crippen LogP contribution in [0.3, 0.4) is 0 Å². The quantitative estimate of drug-likeness (QED) is 0.849. The molecule has 0 spiro atoms. The summed E-state index contributed by atoms with van der Waals surface area (Å²) in [5, 5.41) is 16.7. The van der Waals surface area contributed by atoms with E-state index < -0.39 is 17.3 Å². The molecule has 1 amide bonds. The Morgan fingerprint density at radius 3 is 2.56 bits per heavy atom. The van der Waals surface area contributed by atoms with E-state index in [2.05, 4.69) is 10.4 Å². The van der Waals surface area contributed by atoms with Crippen molar-refractivity contribution in [1.82, 2.24) is 15.1 Å². The molecule has 0 radical (unpaired) electrons. The van der Waals surface area contributed by atoms with Crippen LogP contribution in [0, 0.1) is 0 Å². The number of carbonyl (C=O) groups excluding carboxylic acids is 1. The highest BCUT2D eigenvalue weighted by Crippen LogP contribution is 2.18. The van der Waals surface area contributed by atoms with Gasteiger partial charge in [0.1, 0.15) is 11.2 Å². The summed E-state index contributed by atoms with van der Waals surface area (Å²) in [5.74, 6) is 0. The van der Waals surface area contributed by atoms with Crippen molar-refractivity contribution in [2.45, 2.75) is 38.9 Å². The number of aliphatic hydroxyl groups is 1. The Kier molecular flexibility index (Phi) is 4.01. The molecule has 0 saturated carbocycles. The van der Waals surface area contributed by atoms with Crippen LogP contribution in [-0.2, 0) is 17.4 Å². The lowest BCUT2D eigenvalue weighted by atomic mass is 10.00. The van der Waals surface area contributed by atoms with E-state index in [1.165, 1.54) is 0 Å². The lowest BCUT2D eigenvalue weighted by Gasteiger charge is -2.24. The number of hydrogen-bond acceptors (Lipinski definition) is 4. The van der Waals surface area contributed by atoms with Crippen LogP contribution in [0.4, 0.5) is 4.79 Å². The molecule has 0 aliphatic rings. The van der Waals surface area contributed by atoms with Crippen LogP contribution in [0.25, 0.3) is 0 Å². The second-order valence-corrected chi connectivity index (χ2v) is 5.53. The van der Waals surface area contributed by atoms with E-state index in [1.807, 2.05) is 0 Å². The largest absolute Gasteiger partial charge is 0.444 e. The Labute approximate surface area is 107 Å². The van der Waals surface area contributed by atoms with Gasteiger partial charge >= 0.3 is 6.09 Å². The van der Waals surface area contributed by atoms with Gasteiger partial charge in [-0.15, -0.1) is 0 Å². The first-order chi connectivity index (χ1) is 8.10. The molecule has 6 heteroatoms. The first kappa shape index (κ1) is 14.5. The SMILES string of the molecule is Cn1cc(C(C)(O)CNC(=O)OC(C)(C)C)cn1. The topological polar surface area (TPSA) is 76.4 Å². The van der Waals surface area contributed by atoms with Crippen molar-refractivity contribution in [3.63, 3.8) is 0 Å². The summed E-state index contributed by atoms with van der Waals surface area (Å²) in [7, 11) is 1.76. The third-order valence-electron chi connectivity index (χ3n) is 2.30. The van der Waals surface area contributed by atoms with Crippen molar-refractivity contribution in [2.75, 3.05) is 6.54 Å². The molecular formula is C12H21N3O3. The zero-order valence-corrected chi connectivity index (χ0v) is 11.5. The van der Waals surface area contributed by atoms with Gasteiger partial charge in [-0.3, -0.25) is 4.68 Å². The Hall–Kier alpha value is -1.56. The number of aryl methyl sites for hydroxylation is 1. The standard InChI is InChI=1S/C12H21N3O3/c1-11(2,3)18-10(16)13-8-12(4,17)9-6-14-15(5)7-9/h6-7,17H,8H2,1-5H3,(H,13,16). The first-order valence-corrected chi connectivity index (χ1v) is 5.78. The monoisotopic (exact) mass is 255 g/mol. The Morgan fingerprint density at radius 1 is 1.50 bits per heavy atom. The molecule has 0 bridgehead atoms. The van der Waals surface area contributed by atoms with E-state index in [9.17, 15) is 9.90 Å². The van der Waals surface area contributed by atoms with Gasteiger partial charge in [0.15, 0.2) is 0 Å². The third kappa shape index (κ3) is 4.37. The van der Waals surface area contributed by atoms with Crippen molar-refractivity contribution in [3.8, 4) is 0 Å². The van der Waals surface area contributed by atoms with Gasteiger partial charge in [-0.2, -0.15) is 5.10 Å². The number of nitrogens with one attached hydrogen (secondary N) is 1. The van der Waals surface area contributed by atoms with Crippen LogP contribution in [0.2, 0.25) is 0 Å². The summed E-state index contributed by atoms with van der Waals surface area (Å²) in [6.45, 7) is 7.03. The number of nitrogens with zero attached hydrogens (tertiary/aromatic N) is 2. The van der Waals surface area contributed by atoms with Crippen LogP contribution < -0.4 is 5.32 Å². The lowest BCUT2D eigenvalue weighted by molar-refractivity contribution is 0.0316. The predicted octanol–water partition coefficient (Wildman–Crippen LogP) is 1.15. The summed E-state index contributed by atoms with van der Waals surface area (Å²) < 4.78 is 6.69. The number of rotatable bonds is 3. The molecule has 1 atom stereocenters. The van der Waals surface area contributed by atoms with Crippen LogP contribution in [-0.4, -0.2) is 33.1 Å². The van der Waals surface area contributed by atoms with E-state index in [1.54, 1.807) is 51.8 Å². The van der Waals surface area contributed by atoms with E-state index in [4.69, 9.17) is 4.74 Å². The molecule has 1 aromatic rings. The zero-order valence-electron chi connectivity index (χ0n) is 11.5. The fraction of sp³-hybridized carbons (Fsp3) is 0.667. The highest BCUT2D eigenvalue weighted by molar-refractivity contribution is 5.67. The smallest absolute Gasteiger partial charge is 0.407 e. The molecule has 1 aromatic heterocycles. The van der Waals surface area contributed by atoms with Crippen molar-refractivity contribution < 1.29 is 14.6 Å². The summed E-state index contributed by atoms with van der Waals surface area (Å²) in [6, 6.07) is 0. The van der Waals surface area contributed by atoms with Crippen molar-refractivity contribution in [1.29, 1.82) is 0 Å². The Bertz CT molecular complexity index is 418. The molecule has 18 heavy (non-hydrogen) atoms. The molecule has 102 valence electrons. The van der Waals surface area contributed by atoms with E-state index in [0.717, 1.165) is 0 Å². The van der Waals surface area contributed by atoms with Crippen molar-refractivity contribution in [2.24, 2.45) is 7.05 Å². The van der Waals surface area contributed by atoms with Crippen LogP contribution in [0.1, 0.15) is 33.3 Å². The average Bonchev–Trinajstić information content (AvgIpc) is 2.60. The maximum absolute atomic E-state index is 11.5. The van der Waals surface area contributed by atoms with Gasteiger partial charge in [0.25, 0.3) is 0 Å². The molecule has 0 saturated heterocycles. The summed E-state index contributed by atoms with van der Waals surface area (Å²) in [6.07, 6.45) is 2.72. The van der Waals surface area contributed by atoms with Crippen molar-refractivity contribution >= 4 is 6.09 Å². The second kappa shape index (κ2) is 4.97. The predicted molar refractivity (Wildman–Crippen MR) is 67.0 cm³/mol. The van der Waals surface area contributed by atoms with E-state index >= 15 is 0 Å². The summed E-state index contributed by atoms with van der Waals surface area (Å²) in [5.41, 5.74) is -1.09. The second-order valence-electron chi connectivity index (χ2n) is 5.53. The van der Waals surface area contributed by atoms with Gasteiger partial charge in [-0.1, -0.05) is 0 Å². The molecule has 6 nitrogen and oxygen atoms in total. The minimum Gasteiger partial charge on any atom is -0.444 e. The normalized spacial score (nSPS) is 15.0.